The van der Waals surface area contributed by atoms with E-state index in [2.05, 4.69) is 5.32 Å². The summed E-state index contributed by atoms with van der Waals surface area (Å²) in [6.07, 6.45) is 2.03. The highest BCUT2D eigenvalue weighted by Gasteiger charge is 2.19. The van der Waals surface area contributed by atoms with Gasteiger partial charge < -0.3 is 19.7 Å². The van der Waals surface area contributed by atoms with Crippen molar-refractivity contribution in [1.82, 2.24) is 5.32 Å². The molecular weight excluding hydrogens is 380 g/mol. The van der Waals surface area contributed by atoms with Crippen LogP contribution in [0.4, 0.5) is 5.69 Å². The summed E-state index contributed by atoms with van der Waals surface area (Å²) < 4.78 is 11.2. The predicted molar refractivity (Wildman–Crippen MR) is 108 cm³/mol. The van der Waals surface area contributed by atoms with E-state index in [1.54, 1.807) is 55.6 Å². The van der Waals surface area contributed by atoms with Crippen LogP contribution < -0.4 is 15.0 Å². The summed E-state index contributed by atoms with van der Waals surface area (Å²) in [5.74, 6) is -0.119. The maximum Gasteiger partial charge on any atom is 0.264 e. The number of anilines is 1. The van der Waals surface area contributed by atoms with Gasteiger partial charge in [0.25, 0.3) is 11.8 Å². The second-order valence-corrected chi connectivity index (χ2v) is 7.00. The van der Waals surface area contributed by atoms with Crippen LogP contribution in [0.15, 0.2) is 48.5 Å². The molecule has 1 aliphatic heterocycles. The van der Waals surface area contributed by atoms with Crippen molar-refractivity contribution in [2.45, 2.75) is 18.9 Å². The second-order valence-electron chi connectivity index (χ2n) is 6.56. The predicted octanol–water partition coefficient (Wildman–Crippen LogP) is 3.29. The molecule has 0 bridgehead atoms. The number of nitrogens with one attached hydrogen (secondary N) is 1. The van der Waals surface area contributed by atoms with Crippen molar-refractivity contribution in [3.63, 3.8) is 0 Å². The third-order valence-corrected chi connectivity index (χ3v) is 4.84. The maximum absolute atomic E-state index is 12.5. The third kappa shape index (κ3) is 5.24. The van der Waals surface area contributed by atoms with Gasteiger partial charge in [0.2, 0.25) is 0 Å². The van der Waals surface area contributed by atoms with Gasteiger partial charge in [-0.25, -0.2) is 0 Å². The van der Waals surface area contributed by atoms with Crippen molar-refractivity contribution >= 4 is 29.1 Å². The van der Waals surface area contributed by atoms with Gasteiger partial charge in [-0.1, -0.05) is 23.7 Å². The molecule has 2 aromatic rings. The first-order chi connectivity index (χ1) is 13.5. The van der Waals surface area contributed by atoms with Crippen molar-refractivity contribution in [3.8, 4) is 5.75 Å². The van der Waals surface area contributed by atoms with Gasteiger partial charge >= 0.3 is 0 Å². The molecule has 1 heterocycles. The van der Waals surface area contributed by atoms with Crippen LogP contribution in [0.3, 0.4) is 0 Å². The number of hydrogen-bond donors (Lipinski definition) is 1. The van der Waals surface area contributed by atoms with Crippen LogP contribution in [0.5, 0.6) is 5.75 Å². The highest BCUT2D eigenvalue weighted by molar-refractivity contribution is 6.30. The highest BCUT2D eigenvalue weighted by atomic mass is 35.5. The molecule has 7 heteroatoms. The average molecular weight is 403 g/mol. The van der Waals surface area contributed by atoms with Crippen molar-refractivity contribution in [1.29, 1.82) is 0 Å². The number of likely N-dealkylation sites (N-methyl/N-ethyl adjacent to an activating group) is 1. The summed E-state index contributed by atoms with van der Waals surface area (Å²) in [4.78, 5) is 26.4. The molecule has 1 fully saturated rings. The number of amides is 2. The van der Waals surface area contributed by atoms with Crippen LogP contribution >= 0.6 is 11.6 Å². The minimum atomic E-state index is -0.246. The lowest BCUT2D eigenvalue weighted by Gasteiger charge is -2.18. The van der Waals surface area contributed by atoms with E-state index in [0.717, 1.165) is 19.4 Å². The van der Waals surface area contributed by atoms with Crippen LogP contribution in [0.1, 0.15) is 23.2 Å². The Hall–Kier alpha value is -2.57. The maximum atomic E-state index is 12.5. The van der Waals surface area contributed by atoms with Gasteiger partial charge in [0, 0.05) is 30.9 Å². The number of ether oxygens (including phenoxy) is 2. The molecule has 0 aromatic heterocycles. The van der Waals surface area contributed by atoms with Crippen LogP contribution in [-0.4, -0.2) is 44.7 Å². The fourth-order valence-electron chi connectivity index (χ4n) is 2.93. The van der Waals surface area contributed by atoms with Crippen molar-refractivity contribution in [2.75, 3.05) is 31.7 Å². The van der Waals surface area contributed by atoms with Gasteiger partial charge in [0.1, 0.15) is 5.75 Å². The number of hydrogen-bond acceptors (Lipinski definition) is 4. The van der Waals surface area contributed by atoms with Gasteiger partial charge in [-0.3, -0.25) is 9.59 Å². The molecule has 0 spiro atoms. The molecule has 1 aliphatic rings. The normalized spacial score (nSPS) is 15.9. The van der Waals surface area contributed by atoms with Crippen molar-refractivity contribution in [2.24, 2.45) is 0 Å². The van der Waals surface area contributed by atoms with Crippen LogP contribution in [0.25, 0.3) is 0 Å². The molecule has 148 valence electrons. The standard InChI is InChI=1S/C21H23ClN2O4/c1-24(16-10-8-15(22)9-11-16)20(25)14-28-19-7-3-2-6-18(19)21(26)23-13-17-5-4-12-27-17/h2-3,6-11,17H,4-5,12-14H2,1H3,(H,23,26). The van der Waals surface area contributed by atoms with E-state index in [1.165, 1.54) is 4.90 Å². The molecule has 0 aliphatic carbocycles. The molecule has 1 unspecified atom stereocenters. The lowest BCUT2D eigenvalue weighted by Crippen LogP contribution is -2.33. The van der Waals surface area contributed by atoms with Gasteiger partial charge in [0.15, 0.2) is 6.61 Å². The largest absolute Gasteiger partial charge is 0.483 e. The third-order valence-electron chi connectivity index (χ3n) is 4.59. The smallest absolute Gasteiger partial charge is 0.264 e. The number of benzene rings is 2. The van der Waals surface area contributed by atoms with E-state index < -0.39 is 0 Å². The molecule has 2 amide bonds. The Labute approximate surface area is 169 Å². The molecule has 1 saturated heterocycles. The number of para-hydroxylation sites is 1. The molecule has 0 radical (unpaired) electrons. The Balaban J connectivity index is 1.58. The van der Waals surface area contributed by atoms with Gasteiger partial charge in [-0.2, -0.15) is 0 Å². The van der Waals surface area contributed by atoms with E-state index in [4.69, 9.17) is 21.1 Å². The molecule has 1 atom stereocenters. The first-order valence-corrected chi connectivity index (χ1v) is 9.56. The highest BCUT2D eigenvalue weighted by Crippen LogP contribution is 2.20. The van der Waals surface area contributed by atoms with E-state index in [-0.39, 0.29) is 24.5 Å². The molecule has 0 saturated carbocycles. The quantitative estimate of drug-likeness (QED) is 0.771. The second kappa shape index (κ2) is 9.57. The average Bonchev–Trinajstić information content (AvgIpc) is 3.24. The number of nitrogens with zero attached hydrogens (tertiary/aromatic N) is 1. The lowest BCUT2D eigenvalue weighted by molar-refractivity contribution is -0.120. The Morgan fingerprint density at radius 1 is 1.21 bits per heavy atom. The van der Waals surface area contributed by atoms with E-state index in [1.807, 2.05) is 0 Å². The van der Waals surface area contributed by atoms with Crippen LogP contribution in [0.2, 0.25) is 5.02 Å². The molecule has 28 heavy (non-hydrogen) atoms. The Kier molecular flexibility index (Phi) is 6.90. The summed E-state index contributed by atoms with van der Waals surface area (Å²) in [5, 5.41) is 3.47. The fraction of sp³-hybridized carbons (Fsp3) is 0.333. The first-order valence-electron chi connectivity index (χ1n) is 9.18. The number of halogens is 1. The van der Waals surface area contributed by atoms with Gasteiger partial charge in [-0.15, -0.1) is 0 Å². The molecule has 3 rings (SSSR count). The summed E-state index contributed by atoms with van der Waals surface area (Å²) in [7, 11) is 1.66. The first kappa shape index (κ1) is 20.2. The fourth-order valence-corrected chi connectivity index (χ4v) is 3.06. The lowest BCUT2D eigenvalue weighted by atomic mass is 10.1. The molecular formula is C21H23ClN2O4. The molecule has 1 N–H and O–H groups in total. The SMILES string of the molecule is CN(C(=O)COc1ccccc1C(=O)NCC1CCCO1)c1ccc(Cl)cc1. The van der Waals surface area contributed by atoms with Gasteiger partial charge in [-0.05, 0) is 49.2 Å². The number of carbonyl (C=O) groups is 2. The number of rotatable bonds is 7. The molecule has 6 nitrogen and oxygen atoms in total. The summed E-state index contributed by atoms with van der Waals surface area (Å²) in [6, 6.07) is 13.8. The van der Waals surface area contributed by atoms with E-state index in [9.17, 15) is 9.59 Å². The minimum absolute atomic E-state index is 0.0617. The number of carbonyl (C=O) groups excluding carboxylic acids is 2. The zero-order chi connectivity index (χ0) is 19.9. The van der Waals surface area contributed by atoms with Crippen LogP contribution in [-0.2, 0) is 9.53 Å². The summed E-state index contributed by atoms with van der Waals surface area (Å²) >= 11 is 5.88. The Bertz CT molecular complexity index is 819. The zero-order valence-corrected chi connectivity index (χ0v) is 16.4. The molecule has 2 aromatic carbocycles. The van der Waals surface area contributed by atoms with Gasteiger partial charge in [0.05, 0.1) is 11.7 Å². The Morgan fingerprint density at radius 3 is 2.68 bits per heavy atom. The van der Waals surface area contributed by atoms with E-state index in [0.29, 0.717) is 28.6 Å². The summed E-state index contributed by atoms with van der Waals surface area (Å²) in [5.41, 5.74) is 1.10. The Morgan fingerprint density at radius 2 is 1.96 bits per heavy atom. The zero-order valence-electron chi connectivity index (χ0n) is 15.7. The summed E-state index contributed by atoms with van der Waals surface area (Å²) in [6.45, 7) is 1.02. The van der Waals surface area contributed by atoms with Crippen molar-refractivity contribution in [3.05, 3.63) is 59.1 Å². The van der Waals surface area contributed by atoms with E-state index >= 15 is 0 Å². The monoisotopic (exact) mass is 402 g/mol. The minimum Gasteiger partial charge on any atom is -0.483 e. The topological polar surface area (TPSA) is 67.9 Å². The van der Waals surface area contributed by atoms with Crippen LogP contribution in [0, 0.1) is 0 Å². The van der Waals surface area contributed by atoms with Crippen molar-refractivity contribution < 1.29 is 19.1 Å².